The van der Waals surface area contributed by atoms with Gasteiger partial charge in [-0.3, -0.25) is 0 Å². The second-order valence-electron chi connectivity index (χ2n) is 5.39. The first-order chi connectivity index (χ1) is 7.60. The smallest absolute Gasteiger partial charge is 0.300 e. The van der Waals surface area contributed by atoms with Crippen LogP contribution in [0.15, 0.2) is 0 Å². The zero-order valence-corrected chi connectivity index (χ0v) is 18.1. The predicted molar refractivity (Wildman–Crippen MR) is 85.6 cm³/mol. The van der Waals surface area contributed by atoms with Gasteiger partial charge in [0.05, 0.1) is 0 Å². The molecule has 0 aromatic carbocycles. The van der Waals surface area contributed by atoms with Gasteiger partial charge in [-0.25, -0.2) is 0 Å². The van der Waals surface area contributed by atoms with Crippen LogP contribution in [0.25, 0.3) is 0 Å². The minimum Gasteiger partial charge on any atom is -0.442 e. The van der Waals surface area contributed by atoms with Gasteiger partial charge in [-0.2, -0.15) is 0 Å². The van der Waals surface area contributed by atoms with Crippen molar-refractivity contribution in [1.29, 1.82) is 0 Å². The monoisotopic (exact) mass is 328 g/mol. The number of hydrogen-bond donors (Lipinski definition) is 0. The molecule has 0 radical (unpaired) electrons. The second kappa shape index (κ2) is 8.17. The molecule has 0 aliphatic heterocycles. The van der Waals surface area contributed by atoms with E-state index < -0.39 is 45.2 Å². The molecule has 3 unspecified atom stereocenters. The largest absolute Gasteiger partial charge is 0.442 e. The maximum absolute atomic E-state index is 5.96. The van der Waals surface area contributed by atoms with E-state index >= 15 is 0 Å². The van der Waals surface area contributed by atoms with Crippen molar-refractivity contribution in [3.05, 3.63) is 0 Å². The van der Waals surface area contributed by atoms with Crippen LogP contribution in [0.4, 0.5) is 0 Å². The van der Waals surface area contributed by atoms with Gasteiger partial charge in [0.25, 0.3) is 27.9 Å². The summed E-state index contributed by atoms with van der Waals surface area (Å²) in [6.07, 6.45) is 0. The van der Waals surface area contributed by atoms with Gasteiger partial charge < -0.3 is 16.5 Å². The van der Waals surface area contributed by atoms with Crippen molar-refractivity contribution in [2.45, 2.75) is 52.4 Å². The number of rotatable bonds is 8. The molecule has 0 saturated carbocycles. The van der Waals surface area contributed by atoms with E-state index in [-0.39, 0.29) is 0 Å². The summed E-state index contributed by atoms with van der Waals surface area (Å²) in [6.45, 7) is 17.2. The summed E-state index contributed by atoms with van der Waals surface area (Å²) in [5.41, 5.74) is 0. The van der Waals surface area contributed by atoms with Gasteiger partial charge in [0.1, 0.15) is 0 Å². The Labute approximate surface area is 114 Å². The van der Waals surface area contributed by atoms with Crippen molar-refractivity contribution >= 4 is 45.2 Å². The van der Waals surface area contributed by atoms with E-state index in [4.69, 9.17) is 16.5 Å². The summed E-state index contributed by atoms with van der Waals surface area (Å²) < 4.78 is 23.6. The van der Waals surface area contributed by atoms with Crippen molar-refractivity contribution in [3.8, 4) is 0 Å². The Kier molecular flexibility index (Phi) is 8.61. The zero-order chi connectivity index (χ0) is 13.6. The first kappa shape index (κ1) is 17.9. The Hall–Kier alpha value is 0.924. The van der Waals surface area contributed by atoms with E-state index in [0.717, 1.165) is 0 Å². The van der Waals surface area contributed by atoms with Gasteiger partial charge in [0, 0.05) is 0 Å². The Morgan fingerprint density at radius 2 is 1.06 bits per heavy atom. The summed E-state index contributed by atoms with van der Waals surface area (Å²) in [4.78, 5) is 0. The van der Waals surface area contributed by atoms with Crippen LogP contribution in [0.3, 0.4) is 0 Å². The Morgan fingerprint density at radius 3 is 1.47 bits per heavy atom. The van der Waals surface area contributed by atoms with Crippen molar-refractivity contribution in [2.75, 3.05) is 0 Å². The van der Waals surface area contributed by atoms with Gasteiger partial charge in [-0.05, 0) is 52.4 Å². The van der Waals surface area contributed by atoms with Crippen LogP contribution in [0, 0.1) is 0 Å². The highest BCUT2D eigenvalue weighted by atomic mass is 28.5. The second-order valence-corrected chi connectivity index (χ2v) is 19.3. The lowest BCUT2D eigenvalue weighted by Gasteiger charge is -2.26. The predicted octanol–water partition coefficient (Wildman–Crippen LogP) is 1.42. The molecule has 0 aliphatic rings. The fraction of sp³-hybridized carbons (Fsp3) is 1.00. The highest BCUT2D eigenvalue weighted by Crippen LogP contribution is 2.07. The molecular weight excluding hydrogens is 301 g/mol. The third-order valence-corrected chi connectivity index (χ3v) is 15.7. The molecule has 9 heteroatoms. The highest BCUT2D eigenvalue weighted by molar-refractivity contribution is 6.77. The SMILES string of the molecule is C[SiH](C)O[SiH](C)O[SiH](C)O[SiH](C)O[Si](C)(C)C. The molecular formula is C8H28O4Si5. The third-order valence-electron chi connectivity index (χ3n) is 1.75. The molecule has 0 saturated heterocycles. The van der Waals surface area contributed by atoms with E-state index in [1.54, 1.807) is 0 Å². The summed E-state index contributed by atoms with van der Waals surface area (Å²) >= 11 is 0. The zero-order valence-electron chi connectivity index (χ0n) is 12.4. The lowest BCUT2D eigenvalue weighted by Crippen LogP contribution is -2.41. The van der Waals surface area contributed by atoms with Gasteiger partial charge in [0.15, 0.2) is 17.4 Å². The van der Waals surface area contributed by atoms with Crippen LogP contribution in [-0.4, -0.2) is 45.2 Å². The van der Waals surface area contributed by atoms with Crippen LogP contribution >= 0.6 is 0 Å². The molecule has 0 aromatic heterocycles. The summed E-state index contributed by atoms with van der Waals surface area (Å²) in [7, 11) is -6.93. The first-order valence-corrected chi connectivity index (χ1v) is 18.7. The van der Waals surface area contributed by atoms with Gasteiger partial charge in [-0.15, -0.1) is 0 Å². The molecule has 0 bridgehead atoms. The molecule has 0 N–H and O–H groups in total. The molecule has 0 rings (SSSR count). The van der Waals surface area contributed by atoms with Crippen LogP contribution in [-0.2, 0) is 16.5 Å². The standard InChI is InChI=1S/C8H28O4Si5/c1-13(2)9-14(3)10-15(4)11-16(5)12-17(6,7)8/h13-16H,1-8H3. The van der Waals surface area contributed by atoms with Gasteiger partial charge >= 0.3 is 0 Å². The maximum atomic E-state index is 5.96. The summed E-state index contributed by atoms with van der Waals surface area (Å²) in [5.74, 6) is 0. The third kappa shape index (κ3) is 11.7. The molecule has 104 valence electrons. The maximum Gasteiger partial charge on any atom is 0.300 e. The molecule has 4 nitrogen and oxygen atoms in total. The Bertz CT molecular complexity index is 211. The van der Waals surface area contributed by atoms with Gasteiger partial charge in [0.2, 0.25) is 0 Å². The average Bonchev–Trinajstić information content (AvgIpc) is 1.95. The average molecular weight is 329 g/mol. The normalized spacial score (nSPS) is 18.2. The highest BCUT2D eigenvalue weighted by Gasteiger charge is 2.23. The fourth-order valence-electron chi connectivity index (χ4n) is 1.51. The minimum atomic E-state index is -1.55. The Morgan fingerprint density at radius 1 is 0.647 bits per heavy atom. The topological polar surface area (TPSA) is 36.9 Å². The summed E-state index contributed by atoms with van der Waals surface area (Å²) in [6, 6.07) is 0. The van der Waals surface area contributed by atoms with E-state index in [1.165, 1.54) is 0 Å². The Balaban J connectivity index is 3.88. The molecule has 0 amide bonds. The van der Waals surface area contributed by atoms with Crippen LogP contribution in [0.1, 0.15) is 0 Å². The van der Waals surface area contributed by atoms with Crippen LogP contribution in [0.5, 0.6) is 0 Å². The molecule has 0 spiro atoms. The van der Waals surface area contributed by atoms with E-state index in [2.05, 4.69) is 52.4 Å². The van der Waals surface area contributed by atoms with Gasteiger partial charge in [-0.1, -0.05) is 0 Å². The van der Waals surface area contributed by atoms with E-state index in [1.807, 2.05) is 0 Å². The molecule has 0 fully saturated rings. The van der Waals surface area contributed by atoms with E-state index in [0.29, 0.717) is 0 Å². The molecule has 0 aliphatic carbocycles. The molecule has 0 aromatic rings. The van der Waals surface area contributed by atoms with Crippen molar-refractivity contribution in [1.82, 2.24) is 0 Å². The lowest BCUT2D eigenvalue weighted by atomic mass is 11.8. The summed E-state index contributed by atoms with van der Waals surface area (Å²) in [5, 5.41) is 0. The quantitative estimate of drug-likeness (QED) is 0.632. The minimum absolute atomic E-state index is 0.967. The lowest BCUT2D eigenvalue weighted by molar-refractivity contribution is 0.352. The molecule has 3 atom stereocenters. The van der Waals surface area contributed by atoms with Crippen LogP contribution < -0.4 is 0 Å². The van der Waals surface area contributed by atoms with Crippen LogP contribution in [0.2, 0.25) is 52.4 Å². The molecule has 0 heterocycles. The van der Waals surface area contributed by atoms with Crippen molar-refractivity contribution < 1.29 is 16.5 Å². The molecule has 17 heavy (non-hydrogen) atoms. The number of hydrogen-bond acceptors (Lipinski definition) is 4. The van der Waals surface area contributed by atoms with Crippen molar-refractivity contribution in [3.63, 3.8) is 0 Å². The van der Waals surface area contributed by atoms with E-state index in [9.17, 15) is 0 Å². The van der Waals surface area contributed by atoms with Crippen molar-refractivity contribution in [2.24, 2.45) is 0 Å². The fourth-order valence-corrected chi connectivity index (χ4v) is 15.3. The first-order valence-electron chi connectivity index (χ1n) is 6.24.